The highest BCUT2D eigenvalue weighted by Crippen LogP contribution is 2.35. The molecule has 0 aromatic heterocycles. The minimum atomic E-state index is -0.819. The van der Waals surface area contributed by atoms with Gasteiger partial charge in [0.1, 0.15) is 0 Å². The van der Waals surface area contributed by atoms with Gasteiger partial charge in [0.05, 0.1) is 18.8 Å². The molecule has 0 saturated carbocycles. The molecule has 0 unspecified atom stereocenters. The van der Waals surface area contributed by atoms with Gasteiger partial charge in [0.25, 0.3) is 0 Å². The number of aryl methyl sites for hydroxylation is 1. The molecule has 0 bridgehead atoms. The summed E-state index contributed by atoms with van der Waals surface area (Å²) in [5.41, 5.74) is 6.34. The third-order valence-electron chi connectivity index (χ3n) is 8.68. The van der Waals surface area contributed by atoms with Crippen molar-refractivity contribution in [3.8, 4) is 0 Å². The summed E-state index contributed by atoms with van der Waals surface area (Å²) < 4.78 is 0. The molecule has 1 aromatic rings. The third kappa shape index (κ3) is 13.2. The van der Waals surface area contributed by atoms with Crippen molar-refractivity contribution in [2.75, 3.05) is 13.2 Å². The van der Waals surface area contributed by atoms with Crippen LogP contribution in [0.1, 0.15) is 126 Å². The molecule has 4 atom stereocenters. The first-order chi connectivity index (χ1) is 19.8. The number of aliphatic carboxylic acids is 1. The maximum atomic E-state index is 11.0. The highest BCUT2D eigenvalue weighted by molar-refractivity contribution is 5.66. The number of unbranched alkanes of at least 4 members (excludes halogenated alkanes) is 4. The van der Waals surface area contributed by atoms with Crippen LogP contribution in [0.2, 0.25) is 0 Å². The van der Waals surface area contributed by atoms with Crippen LogP contribution in [0.25, 0.3) is 0 Å². The summed E-state index contributed by atoms with van der Waals surface area (Å²) in [5.74, 6) is -0.108. The van der Waals surface area contributed by atoms with Gasteiger partial charge in [0, 0.05) is 13.0 Å². The molecule has 0 spiro atoms. The zero-order valence-corrected chi connectivity index (χ0v) is 25.6. The molecule has 5 N–H and O–H groups in total. The normalized spacial score (nSPS) is 20.5. The zero-order chi connectivity index (χ0) is 30.0. The largest absolute Gasteiger partial charge is 0.481 e. The number of hydrogen-bond acceptors (Lipinski definition) is 5. The molecule has 0 amide bonds. The van der Waals surface area contributed by atoms with Crippen molar-refractivity contribution < 1.29 is 30.3 Å². The second-order valence-electron chi connectivity index (χ2n) is 12.1. The Morgan fingerprint density at radius 3 is 2.54 bits per heavy atom. The van der Waals surface area contributed by atoms with Crippen molar-refractivity contribution in [2.24, 2.45) is 5.92 Å². The van der Waals surface area contributed by atoms with Crippen LogP contribution in [0.4, 0.5) is 0 Å². The Bertz CT molecular complexity index is 952. The van der Waals surface area contributed by atoms with Gasteiger partial charge in [-0.15, -0.1) is 0 Å². The van der Waals surface area contributed by atoms with Crippen LogP contribution in [0.15, 0.2) is 41.5 Å². The summed E-state index contributed by atoms with van der Waals surface area (Å²) in [6.45, 7) is 4.22. The van der Waals surface area contributed by atoms with Gasteiger partial charge in [-0.25, -0.2) is 0 Å². The van der Waals surface area contributed by atoms with Gasteiger partial charge in [-0.05, 0) is 91.9 Å². The molecule has 6 nitrogen and oxygen atoms in total. The highest BCUT2D eigenvalue weighted by atomic mass is 16.4. The van der Waals surface area contributed by atoms with Crippen LogP contribution in [0, 0.1) is 5.92 Å². The third-order valence-corrected chi connectivity index (χ3v) is 8.68. The average molecular weight is 573 g/mol. The molecule has 1 aliphatic carbocycles. The SMILES string of the molecule is CCCCC[C@H](O)/C=C/C1=C(\C[C@H](O)CO)C[C@H](CCCCCC(=O)O)CCc2c(cccc2[C@H](C)CCO)CC1. The van der Waals surface area contributed by atoms with E-state index in [9.17, 15) is 25.2 Å². The maximum absolute atomic E-state index is 11.0. The molecule has 1 aliphatic rings. The molecule has 2 rings (SSSR count). The van der Waals surface area contributed by atoms with Gasteiger partial charge in [0.2, 0.25) is 0 Å². The maximum Gasteiger partial charge on any atom is 0.303 e. The van der Waals surface area contributed by atoms with E-state index < -0.39 is 18.2 Å². The van der Waals surface area contributed by atoms with Crippen LogP contribution in [0.3, 0.4) is 0 Å². The fraction of sp³-hybridized carbons (Fsp3) is 0.686. The lowest BCUT2D eigenvalue weighted by atomic mass is 9.79. The van der Waals surface area contributed by atoms with Crippen molar-refractivity contribution in [3.05, 3.63) is 58.2 Å². The Morgan fingerprint density at radius 2 is 1.83 bits per heavy atom. The van der Waals surface area contributed by atoms with Gasteiger partial charge in [0.15, 0.2) is 0 Å². The van der Waals surface area contributed by atoms with Crippen LogP contribution in [0.5, 0.6) is 0 Å². The summed E-state index contributed by atoms with van der Waals surface area (Å²) in [6.07, 6.45) is 15.9. The van der Waals surface area contributed by atoms with Crippen LogP contribution >= 0.6 is 0 Å². The van der Waals surface area contributed by atoms with Gasteiger partial charge < -0.3 is 25.5 Å². The Labute approximate surface area is 248 Å². The van der Waals surface area contributed by atoms with Crippen LogP contribution < -0.4 is 0 Å². The molecule has 0 aliphatic heterocycles. The molecule has 1 aromatic carbocycles. The van der Waals surface area contributed by atoms with Crippen molar-refractivity contribution in [1.82, 2.24) is 0 Å². The van der Waals surface area contributed by atoms with E-state index in [2.05, 4.69) is 38.1 Å². The number of aliphatic hydroxyl groups excluding tert-OH is 4. The topological polar surface area (TPSA) is 118 Å². The first-order valence-corrected chi connectivity index (χ1v) is 16.1. The minimum absolute atomic E-state index is 0.165. The molecule has 6 heteroatoms. The van der Waals surface area contributed by atoms with Crippen molar-refractivity contribution in [1.29, 1.82) is 0 Å². The molecular formula is C35H56O6. The summed E-state index contributed by atoms with van der Waals surface area (Å²) in [6, 6.07) is 6.55. The monoisotopic (exact) mass is 572 g/mol. The molecule has 232 valence electrons. The second kappa shape index (κ2) is 20.0. The van der Waals surface area contributed by atoms with E-state index in [0.717, 1.165) is 94.6 Å². The average Bonchev–Trinajstić information content (AvgIpc) is 2.95. The number of carboxylic acid groups (broad SMARTS) is 1. The number of rotatable bonds is 18. The van der Waals surface area contributed by atoms with E-state index in [0.29, 0.717) is 18.8 Å². The number of fused-ring (bicyclic) bond motifs is 1. The van der Waals surface area contributed by atoms with Gasteiger partial charge in [-0.3, -0.25) is 4.79 Å². The van der Waals surface area contributed by atoms with Gasteiger partial charge in [-0.2, -0.15) is 0 Å². The number of carbonyl (C=O) groups is 1. The summed E-state index contributed by atoms with van der Waals surface area (Å²) >= 11 is 0. The molecule has 0 fully saturated rings. The van der Waals surface area contributed by atoms with Crippen molar-refractivity contribution in [2.45, 2.75) is 135 Å². The fourth-order valence-electron chi connectivity index (χ4n) is 6.20. The molecule has 0 heterocycles. The summed E-state index contributed by atoms with van der Waals surface area (Å²) in [5, 5.41) is 49.5. The standard InChI is InChI=1S/C35H56O6/c1-3-4-6-12-31(38)19-18-28-16-17-29-11-9-13-33(26(2)21-22-36)34(29)20-15-27(10-7-5-8-14-35(40)41)23-30(28)24-32(39)25-37/h9,11,13,18-19,26-27,31-32,36-39H,3-8,10,12,14-17,20-25H2,1-2H3,(H,40,41)/b19-18+,30-28-/t26-,27-,31+,32+/m1/s1. The molecule has 0 radical (unpaired) electrons. The lowest BCUT2D eigenvalue weighted by Gasteiger charge is -2.27. The van der Waals surface area contributed by atoms with Gasteiger partial charge >= 0.3 is 5.97 Å². The van der Waals surface area contributed by atoms with E-state index in [4.69, 9.17) is 5.11 Å². The number of carboxylic acids is 1. The van der Waals surface area contributed by atoms with E-state index in [-0.39, 0.29) is 25.6 Å². The van der Waals surface area contributed by atoms with Crippen LogP contribution in [-0.2, 0) is 17.6 Å². The Kier molecular flexibility index (Phi) is 17.2. The smallest absolute Gasteiger partial charge is 0.303 e. The van der Waals surface area contributed by atoms with Crippen molar-refractivity contribution >= 4 is 5.97 Å². The lowest BCUT2D eigenvalue weighted by Crippen LogP contribution is -2.17. The summed E-state index contributed by atoms with van der Waals surface area (Å²) in [7, 11) is 0. The first-order valence-electron chi connectivity index (χ1n) is 16.1. The van der Waals surface area contributed by atoms with E-state index in [1.54, 1.807) is 0 Å². The van der Waals surface area contributed by atoms with E-state index in [1.807, 2.05) is 6.08 Å². The predicted molar refractivity (Wildman–Crippen MR) is 166 cm³/mol. The van der Waals surface area contributed by atoms with Crippen LogP contribution in [-0.4, -0.2) is 56.9 Å². The lowest BCUT2D eigenvalue weighted by molar-refractivity contribution is -0.137. The van der Waals surface area contributed by atoms with Gasteiger partial charge in [-0.1, -0.05) is 88.3 Å². The number of hydrogen-bond donors (Lipinski definition) is 5. The van der Waals surface area contributed by atoms with E-state index >= 15 is 0 Å². The Hall–Kier alpha value is -1.99. The number of aliphatic hydroxyl groups is 4. The Morgan fingerprint density at radius 1 is 1.02 bits per heavy atom. The quantitative estimate of drug-likeness (QED) is 0.126. The number of allylic oxidation sites excluding steroid dienone is 2. The molecule has 41 heavy (non-hydrogen) atoms. The highest BCUT2D eigenvalue weighted by Gasteiger charge is 2.22. The van der Waals surface area contributed by atoms with Crippen molar-refractivity contribution in [3.63, 3.8) is 0 Å². The zero-order valence-electron chi connectivity index (χ0n) is 25.6. The second-order valence-corrected chi connectivity index (χ2v) is 12.1. The summed E-state index contributed by atoms with van der Waals surface area (Å²) in [4.78, 5) is 11.0. The molecular weight excluding hydrogens is 516 g/mol. The Balaban J connectivity index is 2.43. The minimum Gasteiger partial charge on any atom is -0.481 e. The fourth-order valence-corrected chi connectivity index (χ4v) is 6.20. The molecule has 0 saturated heterocycles. The predicted octanol–water partition coefficient (Wildman–Crippen LogP) is 6.63. The number of benzene rings is 1. The van der Waals surface area contributed by atoms with E-state index in [1.165, 1.54) is 16.7 Å². The first kappa shape index (κ1) is 35.2.